The second-order valence-corrected chi connectivity index (χ2v) is 7.11. The van der Waals surface area contributed by atoms with E-state index in [2.05, 4.69) is 42.3 Å². The summed E-state index contributed by atoms with van der Waals surface area (Å²) in [6.45, 7) is 5.29. The van der Waals surface area contributed by atoms with E-state index in [1.165, 1.54) is 41.1 Å². The van der Waals surface area contributed by atoms with Crippen molar-refractivity contribution in [3.05, 3.63) is 51.0 Å². The predicted molar refractivity (Wildman–Crippen MR) is 89.8 cm³/mol. The minimum absolute atomic E-state index is 0.381. The van der Waals surface area contributed by atoms with Gasteiger partial charge in [-0.3, -0.25) is 0 Å². The Bertz CT molecular complexity index is 603. The van der Waals surface area contributed by atoms with Crippen LogP contribution in [0.3, 0.4) is 0 Å². The Morgan fingerprint density at radius 1 is 1.24 bits per heavy atom. The molecule has 3 rings (SSSR count). The first kappa shape index (κ1) is 14.7. The Morgan fingerprint density at radius 3 is 2.81 bits per heavy atom. The molecule has 1 N–H and O–H groups in total. The van der Waals surface area contributed by atoms with Crippen LogP contribution in [0.5, 0.6) is 0 Å². The third kappa shape index (κ3) is 3.53. The van der Waals surface area contributed by atoms with Crippen LogP contribution in [0.2, 0.25) is 0 Å². The van der Waals surface area contributed by atoms with Crippen molar-refractivity contribution in [3.8, 4) is 0 Å². The molecule has 0 amide bonds. The van der Waals surface area contributed by atoms with Gasteiger partial charge in [0.1, 0.15) is 5.01 Å². The van der Waals surface area contributed by atoms with Crippen molar-refractivity contribution >= 4 is 11.3 Å². The third-order valence-corrected chi connectivity index (χ3v) is 5.52. The zero-order valence-electron chi connectivity index (χ0n) is 13.0. The number of nitrogens with one attached hydrogen (secondary N) is 1. The minimum atomic E-state index is 0.381. The first-order valence-corrected chi connectivity index (χ1v) is 8.86. The highest BCUT2D eigenvalue weighted by Gasteiger charge is 2.12. The summed E-state index contributed by atoms with van der Waals surface area (Å²) in [5.74, 6) is 0. The molecule has 0 aliphatic heterocycles. The summed E-state index contributed by atoms with van der Waals surface area (Å²) >= 11 is 1.82. The van der Waals surface area contributed by atoms with Crippen LogP contribution in [0, 0.1) is 0 Å². The standard InChI is InChI=1S/C18H24N2S/c1-3-17-11-20-18(21-17)12-19-13(2)15-9-8-14-6-4-5-7-16(14)10-15/h8-11,13,19H,3-7,12H2,1-2H3. The highest BCUT2D eigenvalue weighted by Crippen LogP contribution is 2.25. The van der Waals surface area contributed by atoms with Crippen molar-refractivity contribution < 1.29 is 0 Å². The van der Waals surface area contributed by atoms with Crippen LogP contribution in [-0.4, -0.2) is 4.98 Å². The number of benzene rings is 1. The molecule has 3 heteroatoms. The van der Waals surface area contributed by atoms with E-state index in [9.17, 15) is 0 Å². The van der Waals surface area contributed by atoms with Gasteiger partial charge in [-0.2, -0.15) is 0 Å². The smallest absolute Gasteiger partial charge is 0.107 e. The van der Waals surface area contributed by atoms with Gasteiger partial charge in [0.05, 0.1) is 0 Å². The number of fused-ring (bicyclic) bond motifs is 1. The summed E-state index contributed by atoms with van der Waals surface area (Å²) < 4.78 is 0. The minimum Gasteiger partial charge on any atom is -0.304 e. The van der Waals surface area contributed by atoms with Crippen LogP contribution in [-0.2, 0) is 25.8 Å². The van der Waals surface area contributed by atoms with Gasteiger partial charge in [0.2, 0.25) is 0 Å². The molecule has 2 nitrogen and oxygen atoms in total. The van der Waals surface area contributed by atoms with Gasteiger partial charge in [0.25, 0.3) is 0 Å². The molecule has 21 heavy (non-hydrogen) atoms. The molecule has 1 aromatic carbocycles. The molecule has 2 aromatic rings. The van der Waals surface area contributed by atoms with Gasteiger partial charge in [-0.25, -0.2) is 4.98 Å². The fourth-order valence-corrected chi connectivity index (χ4v) is 3.79. The molecule has 0 saturated carbocycles. The third-order valence-electron chi connectivity index (χ3n) is 4.38. The van der Waals surface area contributed by atoms with Crippen LogP contribution in [0.25, 0.3) is 0 Å². The van der Waals surface area contributed by atoms with Gasteiger partial charge in [-0.15, -0.1) is 11.3 Å². The highest BCUT2D eigenvalue weighted by molar-refractivity contribution is 7.11. The second-order valence-electron chi connectivity index (χ2n) is 5.91. The maximum Gasteiger partial charge on any atom is 0.107 e. The Morgan fingerprint density at radius 2 is 2.05 bits per heavy atom. The number of aryl methyl sites for hydroxylation is 3. The van der Waals surface area contributed by atoms with Gasteiger partial charge >= 0.3 is 0 Å². The number of thiazole rings is 1. The number of aromatic nitrogens is 1. The molecule has 0 saturated heterocycles. The Hall–Kier alpha value is -1.19. The number of rotatable bonds is 5. The molecule has 0 radical (unpaired) electrons. The van der Waals surface area contributed by atoms with E-state index in [1.807, 2.05) is 17.5 Å². The van der Waals surface area contributed by atoms with E-state index < -0.39 is 0 Å². The lowest BCUT2D eigenvalue weighted by atomic mass is 9.89. The van der Waals surface area contributed by atoms with E-state index in [0.717, 1.165) is 13.0 Å². The molecular formula is C18H24N2S. The topological polar surface area (TPSA) is 24.9 Å². The van der Waals surface area contributed by atoms with Crippen LogP contribution in [0.1, 0.15) is 59.3 Å². The van der Waals surface area contributed by atoms with Gasteiger partial charge in [0.15, 0.2) is 0 Å². The SMILES string of the molecule is CCc1cnc(CNC(C)c2ccc3c(c2)CCCC3)s1. The normalized spacial score (nSPS) is 15.7. The predicted octanol–water partition coefficient (Wildman–Crippen LogP) is 4.44. The Kier molecular flexibility index (Phi) is 4.71. The lowest BCUT2D eigenvalue weighted by Crippen LogP contribution is -2.18. The summed E-state index contributed by atoms with van der Waals surface area (Å²) in [4.78, 5) is 5.85. The quantitative estimate of drug-likeness (QED) is 0.883. The van der Waals surface area contributed by atoms with Crippen LogP contribution in [0.4, 0.5) is 0 Å². The molecule has 0 spiro atoms. The van der Waals surface area contributed by atoms with Gasteiger partial charge in [0, 0.05) is 23.7 Å². The lowest BCUT2D eigenvalue weighted by Gasteiger charge is -2.19. The van der Waals surface area contributed by atoms with Crippen LogP contribution >= 0.6 is 11.3 Å². The van der Waals surface area contributed by atoms with Crippen molar-refractivity contribution in [2.24, 2.45) is 0 Å². The molecule has 112 valence electrons. The summed E-state index contributed by atoms with van der Waals surface area (Å²) in [7, 11) is 0. The second kappa shape index (κ2) is 6.71. The van der Waals surface area contributed by atoms with Crippen LogP contribution in [0.15, 0.2) is 24.4 Å². The number of hydrogen-bond donors (Lipinski definition) is 1. The van der Waals surface area contributed by atoms with Gasteiger partial charge < -0.3 is 5.32 Å². The van der Waals surface area contributed by atoms with E-state index in [4.69, 9.17) is 0 Å². The van der Waals surface area contributed by atoms with E-state index in [-0.39, 0.29) is 0 Å². The zero-order chi connectivity index (χ0) is 14.7. The molecule has 1 aromatic heterocycles. The Balaban J connectivity index is 1.63. The van der Waals surface area contributed by atoms with Crippen molar-refractivity contribution in [3.63, 3.8) is 0 Å². The largest absolute Gasteiger partial charge is 0.304 e. The van der Waals surface area contributed by atoms with E-state index >= 15 is 0 Å². The molecular weight excluding hydrogens is 276 g/mol. The molecule has 0 bridgehead atoms. The maximum absolute atomic E-state index is 4.48. The van der Waals surface area contributed by atoms with Crippen LogP contribution < -0.4 is 5.32 Å². The fourth-order valence-electron chi connectivity index (χ4n) is 2.97. The van der Waals surface area contributed by atoms with Gasteiger partial charge in [-0.05, 0) is 55.7 Å². The van der Waals surface area contributed by atoms with E-state index in [1.54, 1.807) is 11.1 Å². The molecule has 1 heterocycles. The molecule has 0 fully saturated rings. The summed E-state index contributed by atoms with van der Waals surface area (Å²) in [6, 6.07) is 7.42. The molecule has 1 aliphatic carbocycles. The fraction of sp³-hybridized carbons (Fsp3) is 0.500. The van der Waals surface area contributed by atoms with Crippen molar-refractivity contribution in [2.75, 3.05) is 0 Å². The first-order chi connectivity index (χ1) is 10.3. The average molecular weight is 300 g/mol. The highest BCUT2D eigenvalue weighted by atomic mass is 32.1. The van der Waals surface area contributed by atoms with Gasteiger partial charge in [-0.1, -0.05) is 25.1 Å². The Labute approximate surface area is 131 Å². The summed E-state index contributed by atoms with van der Waals surface area (Å²) in [5, 5.41) is 4.80. The summed E-state index contributed by atoms with van der Waals surface area (Å²) in [6.07, 6.45) is 8.29. The van der Waals surface area contributed by atoms with Crippen molar-refractivity contribution in [1.82, 2.24) is 10.3 Å². The average Bonchev–Trinajstić information content (AvgIpc) is 3.00. The molecule has 1 unspecified atom stereocenters. The molecule has 1 aliphatic rings. The van der Waals surface area contributed by atoms with Crippen molar-refractivity contribution in [1.29, 1.82) is 0 Å². The van der Waals surface area contributed by atoms with E-state index in [0.29, 0.717) is 6.04 Å². The number of hydrogen-bond acceptors (Lipinski definition) is 3. The molecule has 1 atom stereocenters. The first-order valence-electron chi connectivity index (χ1n) is 8.05. The van der Waals surface area contributed by atoms with Crippen molar-refractivity contribution in [2.45, 2.75) is 58.5 Å². The monoisotopic (exact) mass is 300 g/mol. The zero-order valence-corrected chi connectivity index (χ0v) is 13.8. The lowest BCUT2D eigenvalue weighted by molar-refractivity contribution is 0.571. The maximum atomic E-state index is 4.48. The summed E-state index contributed by atoms with van der Waals surface area (Å²) in [5.41, 5.74) is 4.53. The number of nitrogens with zero attached hydrogens (tertiary/aromatic N) is 1.